The molecule has 1 unspecified atom stereocenters. The monoisotopic (exact) mass is 270 g/mol. The van der Waals surface area contributed by atoms with Gasteiger partial charge in [0.15, 0.2) is 5.78 Å². The molecule has 21 heavy (non-hydrogen) atoms. The average Bonchev–Trinajstić information content (AvgIpc) is 2.70. The second kappa shape index (κ2) is 4.71. The van der Waals surface area contributed by atoms with Gasteiger partial charge in [0.05, 0.1) is 5.92 Å². The molecular weight excluding hydrogens is 256 g/mol. The van der Waals surface area contributed by atoms with E-state index in [1.807, 2.05) is 48.5 Å². The van der Waals surface area contributed by atoms with Gasteiger partial charge in [0.1, 0.15) is 0 Å². The van der Waals surface area contributed by atoms with Crippen LogP contribution in [-0.2, 0) is 0 Å². The molecule has 0 aromatic heterocycles. The van der Waals surface area contributed by atoms with Gasteiger partial charge in [-0.25, -0.2) is 0 Å². The van der Waals surface area contributed by atoms with Crippen LogP contribution in [0.2, 0.25) is 0 Å². The summed E-state index contributed by atoms with van der Waals surface area (Å²) in [6.45, 7) is 0. The first-order valence-corrected chi connectivity index (χ1v) is 7.14. The van der Waals surface area contributed by atoms with E-state index in [-0.39, 0.29) is 11.7 Å². The van der Waals surface area contributed by atoms with Crippen LogP contribution < -0.4 is 0 Å². The Morgan fingerprint density at radius 1 is 0.762 bits per heavy atom. The Hall–Kier alpha value is -2.67. The van der Waals surface area contributed by atoms with Gasteiger partial charge in [-0.05, 0) is 22.3 Å². The van der Waals surface area contributed by atoms with E-state index in [4.69, 9.17) is 0 Å². The highest BCUT2D eigenvalue weighted by molar-refractivity contribution is 6.15. The Bertz CT molecular complexity index is 807. The maximum absolute atomic E-state index is 12.5. The summed E-state index contributed by atoms with van der Waals surface area (Å²) >= 11 is 0. The molecule has 1 nitrogen and oxygen atoms in total. The largest absolute Gasteiger partial charge is 0.293 e. The summed E-state index contributed by atoms with van der Waals surface area (Å²) in [5, 5.41) is 0. The average molecular weight is 270 g/mol. The van der Waals surface area contributed by atoms with Crippen LogP contribution >= 0.6 is 0 Å². The van der Waals surface area contributed by atoms with Gasteiger partial charge in [-0.2, -0.15) is 0 Å². The van der Waals surface area contributed by atoms with Crippen molar-refractivity contribution in [2.45, 2.75) is 0 Å². The third kappa shape index (κ3) is 1.90. The van der Waals surface area contributed by atoms with E-state index in [1.165, 1.54) is 5.56 Å². The molecule has 0 saturated heterocycles. The third-order valence-electron chi connectivity index (χ3n) is 4.14. The molecule has 2 aromatic rings. The predicted octanol–water partition coefficient (Wildman–Crippen LogP) is 4.54. The van der Waals surface area contributed by atoms with Gasteiger partial charge in [-0.1, -0.05) is 78.9 Å². The Balaban J connectivity index is 1.84. The van der Waals surface area contributed by atoms with Crippen LogP contribution in [0.1, 0.15) is 21.5 Å². The first-order chi connectivity index (χ1) is 10.3. The zero-order valence-electron chi connectivity index (χ0n) is 11.5. The summed E-state index contributed by atoms with van der Waals surface area (Å²) in [5.41, 5.74) is 5.34. The summed E-state index contributed by atoms with van der Waals surface area (Å²) in [5.74, 6) is 0.0654. The van der Waals surface area contributed by atoms with Crippen molar-refractivity contribution in [3.8, 4) is 0 Å². The number of benzene rings is 2. The van der Waals surface area contributed by atoms with Gasteiger partial charge in [0.2, 0.25) is 0 Å². The highest BCUT2D eigenvalue weighted by Gasteiger charge is 2.33. The van der Waals surface area contributed by atoms with Crippen LogP contribution in [0.4, 0.5) is 0 Å². The lowest BCUT2D eigenvalue weighted by atomic mass is 9.99. The standard InChI is InChI=1S/C20H14O/c21-20-18-9-5-4-8-16(18)17-12-10-15(11-13-19(17)20)14-6-2-1-3-7-14/h1-13,19H. The van der Waals surface area contributed by atoms with E-state index in [0.717, 1.165) is 22.3 Å². The van der Waals surface area contributed by atoms with E-state index in [9.17, 15) is 4.79 Å². The van der Waals surface area contributed by atoms with Crippen molar-refractivity contribution in [2.75, 3.05) is 0 Å². The fraction of sp³-hybridized carbons (Fsp3) is 0.0500. The Kier molecular flexibility index (Phi) is 2.71. The molecule has 0 bridgehead atoms. The van der Waals surface area contributed by atoms with E-state index in [2.05, 4.69) is 30.4 Å². The van der Waals surface area contributed by atoms with Gasteiger partial charge in [0, 0.05) is 5.56 Å². The molecule has 0 fully saturated rings. The Morgan fingerprint density at radius 3 is 2.29 bits per heavy atom. The minimum absolute atomic E-state index is 0.139. The van der Waals surface area contributed by atoms with Crippen LogP contribution in [0.15, 0.2) is 78.9 Å². The van der Waals surface area contributed by atoms with E-state index >= 15 is 0 Å². The molecule has 1 heteroatoms. The summed E-state index contributed by atoms with van der Waals surface area (Å²) in [6.07, 6.45) is 8.29. The number of hydrogen-bond donors (Lipinski definition) is 0. The molecule has 2 aliphatic carbocycles. The van der Waals surface area contributed by atoms with Crippen molar-refractivity contribution in [3.63, 3.8) is 0 Å². The summed E-state index contributed by atoms with van der Waals surface area (Å²) in [6, 6.07) is 18.1. The van der Waals surface area contributed by atoms with Crippen molar-refractivity contribution in [1.82, 2.24) is 0 Å². The third-order valence-corrected chi connectivity index (χ3v) is 4.14. The number of ketones is 1. The molecule has 0 heterocycles. The second-order valence-electron chi connectivity index (χ2n) is 5.36. The highest BCUT2D eigenvalue weighted by Crippen LogP contribution is 2.39. The van der Waals surface area contributed by atoms with Crippen molar-refractivity contribution < 1.29 is 4.79 Å². The van der Waals surface area contributed by atoms with Crippen molar-refractivity contribution in [3.05, 3.63) is 95.6 Å². The molecule has 0 aliphatic heterocycles. The molecule has 1 atom stereocenters. The first-order valence-electron chi connectivity index (χ1n) is 7.14. The minimum atomic E-state index is -0.139. The van der Waals surface area contributed by atoms with Gasteiger partial charge in [0.25, 0.3) is 0 Å². The molecule has 4 rings (SSSR count). The topological polar surface area (TPSA) is 17.1 Å². The molecule has 0 N–H and O–H groups in total. The maximum Gasteiger partial charge on any atom is 0.174 e. The van der Waals surface area contributed by atoms with E-state index in [1.54, 1.807) is 0 Å². The number of Topliss-reactive ketones (excluding diaryl/α,β-unsaturated/α-hetero) is 1. The van der Waals surface area contributed by atoms with Crippen LogP contribution in [0.25, 0.3) is 11.1 Å². The van der Waals surface area contributed by atoms with Crippen LogP contribution in [0.5, 0.6) is 0 Å². The Morgan fingerprint density at radius 2 is 1.48 bits per heavy atom. The molecule has 0 amide bonds. The van der Waals surface area contributed by atoms with Gasteiger partial charge < -0.3 is 0 Å². The van der Waals surface area contributed by atoms with E-state index in [0.29, 0.717) is 0 Å². The van der Waals surface area contributed by atoms with Crippen LogP contribution in [0.3, 0.4) is 0 Å². The molecule has 100 valence electrons. The predicted molar refractivity (Wildman–Crippen MR) is 85.8 cm³/mol. The lowest BCUT2D eigenvalue weighted by Crippen LogP contribution is -2.04. The number of allylic oxidation sites excluding steroid dienone is 6. The Labute approximate surface area is 123 Å². The maximum atomic E-state index is 12.5. The summed E-state index contributed by atoms with van der Waals surface area (Å²) < 4.78 is 0. The van der Waals surface area contributed by atoms with Crippen LogP contribution in [-0.4, -0.2) is 5.78 Å². The van der Waals surface area contributed by atoms with Gasteiger partial charge >= 0.3 is 0 Å². The summed E-state index contributed by atoms with van der Waals surface area (Å²) in [4.78, 5) is 12.5. The fourth-order valence-electron chi connectivity index (χ4n) is 3.07. The van der Waals surface area contributed by atoms with Crippen molar-refractivity contribution in [1.29, 1.82) is 0 Å². The van der Waals surface area contributed by atoms with Crippen LogP contribution in [0, 0.1) is 5.92 Å². The lowest BCUT2D eigenvalue weighted by molar-refractivity contribution is 0.0976. The number of rotatable bonds is 1. The second-order valence-corrected chi connectivity index (χ2v) is 5.36. The smallest absolute Gasteiger partial charge is 0.174 e. The SMILES string of the molecule is O=C1c2ccccc2C2=CC=C(c3ccccc3)C=CC12. The molecule has 2 aliphatic rings. The van der Waals surface area contributed by atoms with Crippen molar-refractivity contribution >= 4 is 16.9 Å². The summed E-state index contributed by atoms with van der Waals surface area (Å²) in [7, 11) is 0. The minimum Gasteiger partial charge on any atom is -0.293 e. The highest BCUT2D eigenvalue weighted by atomic mass is 16.1. The fourth-order valence-corrected chi connectivity index (χ4v) is 3.07. The number of carbonyl (C=O) groups excluding carboxylic acids is 1. The molecular formula is C20H14O. The molecule has 0 radical (unpaired) electrons. The van der Waals surface area contributed by atoms with Gasteiger partial charge in [-0.15, -0.1) is 0 Å². The quantitative estimate of drug-likeness (QED) is 0.743. The first kappa shape index (κ1) is 12.1. The van der Waals surface area contributed by atoms with Crippen molar-refractivity contribution in [2.24, 2.45) is 5.92 Å². The van der Waals surface area contributed by atoms with E-state index < -0.39 is 0 Å². The number of carbonyl (C=O) groups is 1. The molecule has 2 aromatic carbocycles. The molecule has 0 spiro atoms. The number of fused-ring (bicyclic) bond motifs is 3. The zero-order valence-corrected chi connectivity index (χ0v) is 11.5. The zero-order chi connectivity index (χ0) is 14.2. The lowest BCUT2D eigenvalue weighted by Gasteiger charge is -2.03. The number of hydrogen-bond acceptors (Lipinski definition) is 1. The molecule has 0 saturated carbocycles. The van der Waals surface area contributed by atoms with Gasteiger partial charge in [-0.3, -0.25) is 4.79 Å². The normalized spacial score (nSPS) is 19.4.